The van der Waals surface area contributed by atoms with Crippen LogP contribution in [-0.4, -0.2) is 26.3 Å². The van der Waals surface area contributed by atoms with Gasteiger partial charge in [0.2, 0.25) is 0 Å². The maximum Gasteiger partial charge on any atom is 0.416 e. The summed E-state index contributed by atoms with van der Waals surface area (Å²) >= 11 is 0. The molecule has 0 saturated carbocycles. The zero-order valence-electron chi connectivity index (χ0n) is 14.2. The maximum absolute atomic E-state index is 12.8. The topological polar surface area (TPSA) is 51.1 Å². The van der Waals surface area contributed by atoms with Crippen molar-refractivity contribution in [3.8, 4) is 5.75 Å². The van der Waals surface area contributed by atoms with Crippen molar-refractivity contribution in [2.75, 3.05) is 19.1 Å². The Morgan fingerprint density at radius 3 is 2.62 bits per heavy atom. The molecule has 5 nitrogen and oxygen atoms in total. The molecule has 0 heterocycles. The molecule has 0 N–H and O–H groups in total. The SMILES string of the molecule is CON=CC(=O)N(C)c1ccccc1COc1cccc(C(F)(F)F)c1. The maximum atomic E-state index is 12.8. The van der Waals surface area contributed by atoms with Crippen molar-refractivity contribution in [3.05, 3.63) is 59.7 Å². The number of benzene rings is 2. The second-order valence-electron chi connectivity index (χ2n) is 5.26. The first-order valence-electron chi connectivity index (χ1n) is 7.55. The molecule has 0 atom stereocenters. The van der Waals surface area contributed by atoms with Crippen LogP contribution in [0, 0.1) is 0 Å². The molecule has 0 unspecified atom stereocenters. The fraction of sp³-hybridized carbons (Fsp3) is 0.222. The lowest BCUT2D eigenvalue weighted by atomic mass is 10.1. The summed E-state index contributed by atoms with van der Waals surface area (Å²) in [5, 5.41) is 3.42. The number of rotatable bonds is 6. The van der Waals surface area contributed by atoms with E-state index in [1.54, 1.807) is 31.3 Å². The third-order valence-corrected chi connectivity index (χ3v) is 3.51. The van der Waals surface area contributed by atoms with Gasteiger partial charge in [-0.1, -0.05) is 29.4 Å². The second kappa shape index (κ2) is 8.37. The largest absolute Gasteiger partial charge is 0.489 e. The molecule has 0 aliphatic carbocycles. The number of ether oxygens (including phenoxy) is 1. The Balaban J connectivity index is 2.16. The molecule has 0 aromatic heterocycles. The number of nitrogens with zero attached hydrogens (tertiary/aromatic N) is 2. The zero-order chi connectivity index (χ0) is 19.2. The Labute approximate surface area is 148 Å². The van der Waals surface area contributed by atoms with Crippen molar-refractivity contribution in [3.63, 3.8) is 0 Å². The molecule has 2 aromatic carbocycles. The summed E-state index contributed by atoms with van der Waals surface area (Å²) in [5.74, 6) is -0.331. The van der Waals surface area contributed by atoms with Crippen LogP contribution in [0.2, 0.25) is 0 Å². The number of oxime groups is 1. The van der Waals surface area contributed by atoms with Crippen LogP contribution in [0.1, 0.15) is 11.1 Å². The molecule has 0 fully saturated rings. The number of alkyl halides is 3. The molecule has 0 aliphatic heterocycles. The average Bonchev–Trinajstić information content (AvgIpc) is 2.63. The fourth-order valence-electron chi connectivity index (χ4n) is 2.19. The third-order valence-electron chi connectivity index (χ3n) is 3.51. The molecule has 0 radical (unpaired) electrons. The van der Waals surface area contributed by atoms with Gasteiger partial charge in [-0.15, -0.1) is 0 Å². The van der Waals surface area contributed by atoms with E-state index in [4.69, 9.17) is 4.74 Å². The molecule has 1 amide bonds. The zero-order valence-corrected chi connectivity index (χ0v) is 14.2. The predicted molar refractivity (Wildman–Crippen MR) is 91.1 cm³/mol. The van der Waals surface area contributed by atoms with Gasteiger partial charge < -0.3 is 14.5 Å². The van der Waals surface area contributed by atoms with Gasteiger partial charge in [-0.25, -0.2) is 0 Å². The number of para-hydroxylation sites is 1. The number of amides is 1. The van der Waals surface area contributed by atoms with Crippen molar-refractivity contribution in [2.45, 2.75) is 12.8 Å². The Hall–Kier alpha value is -3.03. The lowest BCUT2D eigenvalue weighted by molar-refractivity contribution is -0.137. The van der Waals surface area contributed by atoms with Gasteiger partial charge in [-0.3, -0.25) is 4.79 Å². The number of carbonyl (C=O) groups is 1. The highest BCUT2D eigenvalue weighted by Gasteiger charge is 2.30. The number of hydrogen-bond donors (Lipinski definition) is 0. The van der Waals surface area contributed by atoms with E-state index in [2.05, 4.69) is 9.99 Å². The third kappa shape index (κ3) is 4.98. The monoisotopic (exact) mass is 366 g/mol. The number of carbonyl (C=O) groups excluding carboxylic acids is 1. The van der Waals surface area contributed by atoms with E-state index in [9.17, 15) is 18.0 Å². The van der Waals surface area contributed by atoms with Gasteiger partial charge in [0.25, 0.3) is 5.91 Å². The van der Waals surface area contributed by atoms with E-state index in [1.807, 2.05) is 0 Å². The minimum Gasteiger partial charge on any atom is -0.489 e. The van der Waals surface area contributed by atoms with Gasteiger partial charge in [-0.2, -0.15) is 13.2 Å². The van der Waals surface area contributed by atoms with E-state index in [-0.39, 0.29) is 12.4 Å². The molecule has 138 valence electrons. The van der Waals surface area contributed by atoms with Crippen LogP contribution in [0.5, 0.6) is 5.75 Å². The van der Waals surface area contributed by atoms with Gasteiger partial charge in [0.05, 0.1) is 11.3 Å². The van der Waals surface area contributed by atoms with E-state index in [0.29, 0.717) is 11.3 Å². The van der Waals surface area contributed by atoms with Gasteiger partial charge in [0.15, 0.2) is 0 Å². The molecular weight excluding hydrogens is 349 g/mol. The van der Waals surface area contributed by atoms with Crippen molar-refractivity contribution in [1.82, 2.24) is 0 Å². The summed E-state index contributed by atoms with van der Waals surface area (Å²) in [6.07, 6.45) is -3.42. The van der Waals surface area contributed by atoms with Crippen molar-refractivity contribution >= 4 is 17.8 Å². The van der Waals surface area contributed by atoms with Crippen LogP contribution in [0.4, 0.5) is 18.9 Å². The van der Waals surface area contributed by atoms with E-state index in [1.165, 1.54) is 24.1 Å². The van der Waals surface area contributed by atoms with Crippen LogP contribution in [0.25, 0.3) is 0 Å². The number of halogens is 3. The molecule has 26 heavy (non-hydrogen) atoms. The normalized spacial score (nSPS) is 11.4. The first-order chi connectivity index (χ1) is 12.3. The van der Waals surface area contributed by atoms with Crippen molar-refractivity contribution in [2.24, 2.45) is 5.16 Å². The van der Waals surface area contributed by atoms with Gasteiger partial charge in [0.1, 0.15) is 25.7 Å². The first-order valence-corrected chi connectivity index (χ1v) is 7.55. The molecule has 2 rings (SSSR count). The Morgan fingerprint density at radius 1 is 1.19 bits per heavy atom. The second-order valence-corrected chi connectivity index (χ2v) is 5.26. The molecule has 0 aliphatic rings. The van der Waals surface area contributed by atoms with Crippen LogP contribution in [0.15, 0.2) is 53.7 Å². The van der Waals surface area contributed by atoms with Crippen LogP contribution in [0.3, 0.4) is 0 Å². The lowest BCUT2D eigenvalue weighted by Gasteiger charge is -2.19. The number of hydrogen-bond acceptors (Lipinski definition) is 4. The summed E-state index contributed by atoms with van der Waals surface area (Å²) in [5.41, 5.74) is 0.393. The summed E-state index contributed by atoms with van der Waals surface area (Å²) in [4.78, 5) is 17.8. The van der Waals surface area contributed by atoms with E-state index >= 15 is 0 Å². The minimum absolute atomic E-state index is 0.00345. The smallest absolute Gasteiger partial charge is 0.416 e. The molecule has 0 spiro atoms. The van der Waals surface area contributed by atoms with Gasteiger partial charge in [0, 0.05) is 12.6 Å². The highest BCUT2D eigenvalue weighted by atomic mass is 19.4. The minimum atomic E-state index is -4.44. The van der Waals surface area contributed by atoms with Gasteiger partial charge >= 0.3 is 6.18 Å². The summed E-state index contributed by atoms with van der Waals surface area (Å²) in [6, 6.07) is 11.5. The van der Waals surface area contributed by atoms with Crippen LogP contribution < -0.4 is 9.64 Å². The molecule has 0 bridgehead atoms. The Kier molecular flexibility index (Phi) is 6.21. The average molecular weight is 366 g/mol. The Bertz CT molecular complexity index is 791. The van der Waals surface area contributed by atoms with E-state index in [0.717, 1.165) is 18.3 Å². The summed E-state index contributed by atoms with van der Waals surface area (Å²) in [7, 11) is 2.87. The Morgan fingerprint density at radius 2 is 1.92 bits per heavy atom. The standard InChI is InChI=1S/C18H17F3N2O3/c1-23(17(24)11-22-25-2)16-9-4-3-6-13(16)12-26-15-8-5-7-14(10-15)18(19,20)21/h3-11H,12H2,1-2H3. The van der Waals surface area contributed by atoms with Gasteiger partial charge in [-0.05, 0) is 24.3 Å². The van der Waals surface area contributed by atoms with Crippen molar-refractivity contribution in [1.29, 1.82) is 0 Å². The molecule has 2 aromatic rings. The quantitative estimate of drug-likeness (QED) is 0.576. The first kappa shape index (κ1) is 19.3. The highest BCUT2D eigenvalue weighted by molar-refractivity contribution is 6.32. The van der Waals surface area contributed by atoms with E-state index < -0.39 is 17.6 Å². The lowest BCUT2D eigenvalue weighted by Crippen LogP contribution is -2.28. The highest BCUT2D eigenvalue weighted by Crippen LogP contribution is 2.31. The van der Waals surface area contributed by atoms with Crippen LogP contribution in [-0.2, 0) is 22.4 Å². The van der Waals surface area contributed by atoms with Crippen LogP contribution >= 0.6 is 0 Å². The summed E-state index contributed by atoms with van der Waals surface area (Å²) < 4.78 is 43.8. The molecule has 0 saturated heterocycles. The fourth-order valence-corrected chi connectivity index (χ4v) is 2.19. The predicted octanol–water partition coefficient (Wildman–Crippen LogP) is 3.88. The molecule has 8 heteroatoms. The summed E-state index contributed by atoms with van der Waals surface area (Å²) in [6.45, 7) is -0.00345. The number of anilines is 1. The molecular formula is C18H17F3N2O3. The van der Waals surface area contributed by atoms with Crippen molar-refractivity contribution < 1.29 is 27.5 Å².